The number of pyridine rings is 1. The van der Waals surface area contributed by atoms with Gasteiger partial charge in [-0.1, -0.05) is 12.5 Å². The van der Waals surface area contributed by atoms with Gasteiger partial charge >= 0.3 is 0 Å². The molecule has 2 N–H and O–H groups in total. The highest BCUT2D eigenvalue weighted by molar-refractivity contribution is 14.0. The second-order valence-electron chi connectivity index (χ2n) is 7.22. The Labute approximate surface area is 196 Å². The molecule has 0 saturated heterocycles. The second-order valence-corrected chi connectivity index (χ2v) is 7.22. The number of nitrogens with zero attached hydrogens (tertiary/aromatic N) is 2. The lowest BCUT2D eigenvalue weighted by atomic mass is 9.98. The number of ether oxygens (including phenoxy) is 2. The molecule has 0 radical (unpaired) electrons. The van der Waals surface area contributed by atoms with Crippen LogP contribution in [0, 0.1) is 0 Å². The number of nitrogens with one attached hydrogen (secondary N) is 2. The number of hydrogen-bond donors (Lipinski definition) is 2. The van der Waals surface area contributed by atoms with Gasteiger partial charge in [-0.25, -0.2) is 4.98 Å². The smallest absolute Gasteiger partial charge is 0.213 e. The number of halogens is 1. The zero-order chi connectivity index (χ0) is 20.2. The quantitative estimate of drug-likeness (QED) is 0.208. The normalized spacial score (nSPS) is 14.8. The van der Waals surface area contributed by atoms with E-state index in [0.717, 1.165) is 49.0 Å². The summed E-state index contributed by atoms with van der Waals surface area (Å²) < 4.78 is 16.8. The molecule has 3 rings (SSSR count). The highest BCUT2D eigenvalue weighted by Crippen LogP contribution is 2.22. The third-order valence-corrected chi connectivity index (χ3v) is 4.90. The lowest BCUT2D eigenvalue weighted by Gasteiger charge is -2.22. The summed E-state index contributed by atoms with van der Waals surface area (Å²) in [5.41, 5.74) is 1.09. The van der Waals surface area contributed by atoms with Crippen LogP contribution < -0.4 is 15.4 Å². The molecule has 0 bridgehead atoms. The first kappa shape index (κ1) is 24.5. The average Bonchev–Trinajstić information content (AvgIpc) is 3.28. The molecule has 7 nitrogen and oxygen atoms in total. The van der Waals surface area contributed by atoms with Crippen molar-refractivity contribution < 1.29 is 13.9 Å². The van der Waals surface area contributed by atoms with E-state index in [-0.39, 0.29) is 24.0 Å². The summed E-state index contributed by atoms with van der Waals surface area (Å²) in [5.74, 6) is 2.33. The van der Waals surface area contributed by atoms with Gasteiger partial charge in [0.2, 0.25) is 5.88 Å². The average molecular weight is 528 g/mol. The van der Waals surface area contributed by atoms with E-state index >= 15 is 0 Å². The molecular weight excluding hydrogens is 495 g/mol. The standard InChI is InChI=1S/C22H32N4O3.HI/c1-23-22(24-12-6-13-27-17-20-9-5-14-28-20)26-16-18-10-11-21(25-15-18)29-19-7-3-2-4-8-19;/h5,9-11,14-15,19H,2-4,6-8,12-13,16-17H2,1H3,(H2,23,24,26);1H. The molecule has 1 aliphatic rings. The Morgan fingerprint density at radius 1 is 1.20 bits per heavy atom. The molecule has 1 saturated carbocycles. The van der Waals surface area contributed by atoms with E-state index in [2.05, 4.69) is 20.6 Å². The number of rotatable bonds is 10. The number of aliphatic imine (C=N–C) groups is 1. The minimum Gasteiger partial charge on any atom is -0.474 e. The molecule has 2 aromatic heterocycles. The summed E-state index contributed by atoms with van der Waals surface area (Å²) in [4.78, 5) is 8.70. The van der Waals surface area contributed by atoms with Crippen LogP contribution in [0.5, 0.6) is 5.88 Å². The molecule has 166 valence electrons. The van der Waals surface area contributed by atoms with Crippen LogP contribution in [0.4, 0.5) is 0 Å². The van der Waals surface area contributed by atoms with E-state index in [1.54, 1.807) is 13.3 Å². The summed E-state index contributed by atoms with van der Waals surface area (Å²) >= 11 is 0. The lowest BCUT2D eigenvalue weighted by molar-refractivity contribution is 0.105. The Kier molecular flexibility index (Phi) is 11.6. The van der Waals surface area contributed by atoms with Gasteiger partial charge in [-0.3, -0.25) is 4.99 Å². The molecule has 0 aromatic carbocycles. The Balaban J connectivity index is 0.00000320. The maximum atomic E-state index is 5.98. The summed E-state index contributed by atoms with van der Waals surface area (Å²) in [6, 6.07) is 7.78. The van der Waals surface area contributed by atoms with Gasteiger partial charge in [-0.05, 0) is 49.8 Å². The van der Waals surface area contributed by atoms with Crippen LogP contribution >= 0.6 is 24.0 Å². The van der Waals surface area contributed by atoms with Gasteiger partial charge in [0.1, 0.15) is 18.5 Å². The summed E-state index contributed by atoms with van der Waals surface area (Å²) in [6.07, 6.45) is 10.8. The molecular formula is C22H33IN4O3. The molecule has 0 atom stereocenters. The topological polar surface area (TPSA) is 80.9 Å². The molecule has 8 heteroatoms. The minimum absolute atomic E-state index is 0. The highest BCUT2D eigenvalue weighted by Gasteiger charge is 2.15. The van der Waals surface area contributed by atoms with Gasteiger partial charge in [0.25, 0.3) is 0 Å². The van der Waals surface area contributed by atoms with Crippen LogP contribution in [0.1, 0.15) is 49.8 Å². The predicted octanol–water partition coefficient (Wildman–Crippen LogP) is 4.28. The fourth-order valence-electron chi connectivity index (χ4n) is 3.29. The van der Waals surface area contributed by atoms with E-state index < -0.39 is 0 Å². The van der Waals surface area contributed by atoms with Gasteiger partial charge in [0.15, 0.2) is 5.96 Å². The third kappa shape index (κ3) is 8.91. The highest BCUT2D eigenvalue weighted by atomic mass is 127. The Hall–Kier alpha value is -1.81. The maximum Gasteiger partial charge on any atom is 0.213 e. The predicted molar refractivity (Wildman–Crippen MR) is 128 cm³/mol. The molecule has 0 spiro atoms. The van der Waals surface area contributed by atoms with Gasteiger partial charge < -0.3 is 24.5 Å². The van der Waals surface area contributed by atoms with Gasteiger partial charge in [0, 0.05) is 39.0 Å². The zero-order valence-corrected chi connectivity index (χ0v) is 20.0. The molecule has 0 unspecified atom stereocenters. The number of guanidine groups is 1. The Morgan fingerprint density at radius 2 is 2.07 bits per heavy atom. The number of furan rings is 1. The largest absolute Gasteiger partial charge is 0.474 e. The molecule has 0 amide bonds. The van der Waals surface area contributed by atoms with Gasteiger partial charge in [-0.15, -0.1) is 24.0 Å². The zero-order valence-electron chi connectivity index (χ0n) is 17.6. The van der Waals surface area contributed by atoms with Crippen LogP contribution in [0.2, 0.25) is 0 Å². The number of hydrogen-bond acceptors (Lipinski definition) is 5. The summed E-state index contributed by atoms with van der Waals surface area (Å²) in [7, 11) is 1.77. The molecule has 1 aliphatic carbocycles. The van der Waals surface area contributed by atoms with E-state index in [4.69, 9.17) is 13.9 Å². The van der Waals surface area contributed by atoms with E-state index in [9.17, 15) is 0 Å². The van der Waals surface area contributed by atoms with Crippen LogP contribution in [-0.2, 0) is 17.9 Å². The molecule has 30 heavy (non-hydrogen) atoms. The van der Waals surface area contributed by atoms with Crippen molar-refractivity contribution in [3.63, 3.8) is 0 Å². The van der Waals surface area contributed by atoms with E-state index in [1.165, 1.54) is 19.3 Å². The summed E-state index contributed by atoms with van der Waals surface area (Å²) in [5, 5.41) is 6.59. The van der Waals surface area contributed by atoms with Crippen molar-refractivity contribution in [2.45, 2.75) is 57.8 Å². The summed E-state index contributed by atoms with van der Waals surface area (Å²) in [6.45, 7) is 2.61. The van der Waals surface area contributed by atoms with Crippen molar-refractivity contribution >= 4 is 29.9 Å². The second kappa shape index (κ2) is 14.2. The van der Waals surface area contributed by atoms with Crippen molar-refractivity contribution in [3.8, 4) is 5.88 Å². The van der Waals surface area contributed by atoms with Gasteiger partial charge in [0.05, 0.1) is 6.26 Å². The first-order chi connectivity index (χ1) is 14.3. The lowest BCUT2D eigenvalue weighted by Crippen LogP contribution is -2.37. The first-order valence-electron chi connectivity index (χ1n) is 10.5. The van der Waals surface area contributed by atoms with Crippen molar-refractivity contribution in [1.82, 2.24) is 15.6 Å². The Morgan fingerprint density at radius 3 is 2.77 bits per heavy atom. The van der Waals surface area contributed by atoms with Crippen LogP contribution in [0.25, 0.3) is 0 Å². The van der Waals surface area contributed by atoms with E-state index in [1.807, 2.05) is 30.5 Å². The molecule has 2 aromatic rings. The third-order valence-electron chi connectivity index (χ3n) is 4.90. The van der Waals surface area contributed by atoms with Crippen molar-refractivity contribution in [3.05, 3.63) is 48.0 Å². The van der Waals surface area contributed by atoms with Crippen LogP contribution in [0.3, 0.4) is 0 Å². The fourth-order valence-corrected chi connectivity index (χ4v) is 3.29. The Bertz CT molecular complexity index is 716. The first-order valence-corrected chi connectivity index (χ1v) is 10.5. The molecule has 2 heterocycles. The van der Waals surface area contributed by atoms with Crippen molar-refractivity contribution in [2.24, 2.45) is 4.99 Å². The van der Waals surface area contributed by atoms with Crippen LogP contribution in [-0.4, -0.2) is 37.2 Å². The molecule has 1 fully saturated rings. The van der Waals surface area contributed by atoms with Crippen molar-refractivity contribution in [1.29, 1.82) is 0 Å². The number of aromatic nitrogens is 1. The minimum atomic E-state index is 0. The SMILES string of the molecule is CN=C(NCCCOCc1ccco1)NCc1ccc(OC2CCCCC2)nc1.I. The van der Waals surface area contributed by atoms with Gasteiger partial charge in [-0.2, -0.15) is 0 Å². The maximum absolute atomic E-state index is 5.98. The fraction of sp³-hybridized carbons (Fsp3) is 0.545. The van der Waals surface area contributed by atoms with Crippen LogP contribution in [0.15, 0.2) is 46.1 Å². The van der Waals surface area contributed by atoms with E-state index in [0.29, 0.717) is 25.9 Å². The monoisotopic (exact) mass is 528 g/mol. The molecule has 0 aliphatic heterocycles. The van der Waals surface area contributed by atoms with Crippen molar-refractivity contribution in [2.75, 3.05) is 20.2 Å².